The van der Waals surface area contributed by atoms with Crippen molar-refractivity contribution >= 4 is 107 Å². The Balaban J connectivity index is 1.17. The van der Waals surface area contributed by atoms with Crippen molar-refractivity contribution in [3.63, 3.8) is 0 Å². The summed E-state index contributed by atoms with van der Waals surface area (Å²) in [5, 5.41) is 10.0. The summed E-state index contributed by atoms with van der Waals surface area (Å²) in [6.07, 6.45) is 0. The summed E-state index contributed by atoms with van der Waals surface area (Å²) in [5.74, 6) is 0. The zero-order chi connectivity index (χ0) is 29.9. The minimum atomic E-state index is 0.925. The number of aromatic nitrogens is 1. The molecule has 0 atom stereocenters. The third-order valence-electron chi connectivity index (χ3n) is 9.60. The second-order valence-electron chi connectivity index (χ2n) is 12.1. The Hall–Kier alpha value is -5.42. The van der Waals surface area contributed by atoms with Crippen LogP contribution >= 0.6 is 22.7 Å². The van der Waals surface area contributed by atoms with Crippen LogP contribution in [0.1, 0.15) is 0 Å². The lowest BCUT2D eigenvalue weighted by Gasteiger charge is -2.09. The molecule has 11 rings (SSSR count). The van der Waals surface area contributed by atoms with E-state index in [1.807, 2.05) is 28.7 Å². The van der Waals surface area contributed by atoms with E-state index in [0.717, 1.165) is 21.9 Å². The maximum atomic E-state index is 6.30. The number of fused-ring (bicyclic) bond motifs is 12. The first-order valence-electron chi connectivity index (χ1n) is 15.5. The quantitative estimate of drug-likeness (QED) is 0.188. The van der Waals surface area contributed by atoms with Crippen LogP contribution in [-0.4, -0.2) is 4.57 Å². The number of para-hydroxylation sites is 2. The molecule has 0 aliphatic rings. The van der Waals surface area contributed by atoms with E-state index >= 15 is 0 Å². The SMILES string of the molecule is c1ccc2c(c1)oc1cc3c4ccccc4n(-c4ccc5sc6c(-c7cccc8c7sc7ccccc78)cccc6c5c4)c3cc12. The average Bonchev–Trinajstić information content (AvgIpc) is 3.85. The largest absolute Gasteiger partial charge is 0.456 e. The third kappa shape index (κ3) is 3.30. The van der Waals surface area contributed by atoms with Crippen LogP contribution in [0.2, 0.25) is 0 Å². The molecule has 0 bridgehead atoms. The van der Waals surface area contributed by atoms with Gasteiger partial charge in [-0.1, -0.05) is 91.0 Å². The molecule has 11 aromatic rings. The molecule has 4 aromatic heterocycles. The van der Waals surface area contributed by atoms with Gasteiger partial charge in [-0.25, -0.2) is 0 Å². The van der Waals surface area contributed by atoms with Gasteiger partial charge < -0.3 is 8.98 Å². The molecular formula is C42H23NOS2. The van der Waals surface area contributed by atoms with Crippen molar-refractivity contribution in [3.05, 3.63) is 140 Å². The number of nitrogens with zero attached hydrogens (tertiary/aromatic N) is 1. The fourth-order valence-electron chi connectivity index (χ4n) is 7.56. The molecule has 0 aliphatic carbocycles. The van der Waals surface area contributed by atoms with E-state index in [-0.39, 0.29) is 0 Å². The Morgan fingerprint density at radius 3 is 1.87 bits per heavy atom. The lowest BCUT2D eigenvalue weighted by atomic mass is 10.0. The predicted octanol–water partition coefficient (Wildman–Crippen LogP) is 13.1. The zero-order valence-electron chi connectivity index (χ0n) is 24.5. The van der Waals surface area contributed by atoms with Crippen LogP contribution in [0.25, 0.3) is 101 Å². The number of hydrogen-bond donors (Lipinski definition) is 0. The highest BCUT2D eigenvalue weighted by Crippen LogP contribution is 2.46. The van der Waals surface area contributed by atoms with E-state index in [0.29, 0.717) is 0 Å². The molecule has 214 valence electrons. The Bertz CT molecular complexity index is 3040. The minimum absolute atomic E-state index is 0.925. The van der Waals surface area contributed by atoms with Gasteiger partial charge in [0.15, 0.2) is 0 Å². The fraction of sp³-hybridized carbons (Fsp3) is 0. The van der Waals surface area contributed by atoms with Crippen LogP contribution in [0.4, 0.5) is 0 Å². The van der Waals surface area contributed by atoms with Crippen LogP contribution in [0.5, 0.6) is 0 Å². The number of rotatable bonds is 2. The lowest BCUT2D eigenvalue weighted by molar-refractivity contribution is 0.669. The Kier molecular flexibility index (Phi) is 4.90. The van der Waals surface area contributed by atoms with E-state index in [1.165, 1.54) is 79.0 Å². The van der Waals surface area contributed by atoms with Crippen molar-refractivity contribution in [2.24, 2.45) is 0 Å². The van der Waals surface area contributed by atoms with Crippen molar-refractivity contribution in [1.82, 2.24) is 4.57 Å². The lowest BCUT2D eigenvalue weighted by Crippen LogP contribution is -1.93. The summed E-state index contributed by atoms with van der Waals surface area (Å²) in [7, 11) is 0. The summed E-state index contributed by atoms with van der Waals surface area (Å²) in [4.78, 5) is 0. The number of hydrogen-bond acceptors (Lipinski definition) is 3. The van der Waals surface area contributed by atoms with Crippen LogP contribution in [-0.2, 0) is 0 Å². The van der Waals surface area contributed by atoms with Gasteiger partial charge >= 0.3 is 0 Å². The molecule has 0 fully saturated rings. The van der Waals surface area contributed by atoms with Gasteiger partial charge in [0.05, 0.1) is 11.0 Å². The molecule has 0 radical (unpaired) electrons. The maximum Gasteiger partial charge on any atom is 0.136 e. The molecule has 0 saturated heterocycles. The highest BCUT2D eigenvalue weighted by atomic mass is 32.1. The van der Waals surface area contributed by atoms with Crippen LogP contribution in [0.3, 0.4) is 0 Å². The zero-order valence-corrected chi connectivity index (χ0v) is 26.1. The summed E-state index contributed by atoms with van der Waals surface area (Å²) in [6, 6.07) is 50.9. The molecule has 0 spiro atoms. The van der Waals surface area contributed by atoms with Crippen molar-refractivity contribution < 1.29 is 4.42 Å². The predicted molar refractivity (Wildman–Crippen MR) is 199 cm³/mol. The highest BCUT2D eigenvalue weighted by molar-refractivity contribution is 7.27. The van der Waals surface area contributed by atoms with E-state index in [4.69, 9.17) is 4.42 Å². The summed E-state index contributed by atoms with van der Waals surface area (Å²) >= 11 is 3.80. The van der Waals surface area contributed by atoms with Crippen molar-refractivity contribution in [2.75, 3.05) is 0 Å². The van der Waals surface area contributed by atoms with Gasteiger partial charge in [-0.2, -0.15) is 0 Å². The third-order valence-corrected chi connectivity index (χ3v) is 12.0. The smallest absolute Gasteiger partial charge is 0.136 e. The first kappa shape index (κ1) is 24.8. The van der Waals surface area contributed by atoms with E-state index in [9.17, 15) is 0 Å². The fourth-order valence-corrected chi connectivity index (χ4v) is 10.0. The molecule has 4 heteroatoms. The second-order valence-corrected chi connectivity index (χ2v) is 14.2. The molecule has 2 nitrogen and oxygen atoms in total. The molecule has 4 heterocycles. The van der Waals surface area contributed by atoms with Gasteiger partial charge in [-0.3, -0.25) is 0 Å². The molecular weight excluding hydrogens is 599 g/mol. The summed E-state index contributed by atoms with van der Waals surface area (Å²) in [6.45, 7) is 0. The topological polar surface area (TPSA) is 18.1 Å². The molecule has 0 saturated carbocycles. The normalized spacial score (nSPS) is 12.3. The van der Waals surface area contributed by atoms with E-state index < -0.39 is 0 Å². The van der Waals surface area contributed by atoms with Gasteiger partial charge in [0, 0.05) is 78.7 Å². The number of furan rings is 1. The Morgan fingerprint density at radius 2 is 1.04 bits per heavy atom. The molecule has 0 amide bonds. The van der Waals surface area contributed by atoms with E-state index in [2.05, 4.69) is 138 Å². The second kappa shape index (κ2) is 9.07. The number of thiophene rings is 2. The highest BCUT2D eigenvalue weighted by Gasteiger charge is 2.19. The molecule has 0 N–H and O–H groups in total. The van der Waals surface area contributed by atoms with Crippen molar-refractivity contribution in [2.45, 2.75) is 0 Å². The van der Waals surface area contributed by atoms with Gasteiger partial charge in [-0.05, 0) is 48.5 Å². The van der Waals surface area contributed by atoms with Gasteiger partial charge in [0.2, 0.25) is 0 Å². The van der Waals surface area contributed by atoms with Gasteiger partial charge in [0.1, 0.15) is 11.2 Å². The standard InChI is InChI=1S/C42H23NOS2/c1-4-16-35-25(9-1)32-23-38-33(26-10-2-5-17-37(26)44-38)22-36(32)43(35)24-19-20-40-34(21-24)31-15-8-14-30(42(31)46-40)29-13-7-12-28-27-11-3-6-18-39(27)45-41(28)29/h1-23H. The van der Waals surface area contributed by atoms with Crippen molar-refractivity contribution in [1.29, 1.82) is 0 Å². The van der Waals surface area contributed by atoms with Gasteiger partial charge in [-0.15, -0.1) is 22.7 Å². The molecule has 0 unspecified atom stereocenters. The summed E-state index contributed by atoms with van der Waals surface area (Å²) in [5.41, 5.74) is 8.04. The van der Waals surface area contributed by atoms with E-state index in [1.54, 1.807) is 0 Å². The maximum absolute atomic E-state index is 6.30. The average molecular weight is 622 g/mol. The number of benzene rings is 7. The van der Waals surface area contributed by atoms with Crippen molar-refractivity contribution in [3.8, 4) is 16.8 Å². The first-order chi connectivity index (χ1) is 22.8. The van der Waals surface area contributed by atoms with Crippen LogP contribution in [0.15, 0.2) is 144 Å². The molecule has 7 aromatic carbocycles. The first-order valence-corrected chi connectivity index (χ1v) is 17.1. The summed E-state index contributed by atoms with van der Waals surface area (Å²) < 4.78 is 14.1. The Morgan fingerprint density at radius 1 is 0.391 bits per heavy atom. The van der Waals surface area contributed by atoms with Crippen LogP contribution < -0.4 is 0 Å². The van der Waals surface area contributed by atoms with Crippen LogP contribution in [0, 0.1) is 0 Å². The molecule has 0 aliphatic heterocycles. The monoisotopic (exact) mass is 621 g/mol. The van der Waals surface area contributed by atoms with Gasteiger partial charge in [0.25, 0.3) is 0 Å². The molecule has 46 heavy (non-hydrogen) atoms. The minimum Gasteiger partial charge on any atom is -0.456 e. The Labute approximate surface area is 270 Å².